The zero-order valence-electron chi connectivity index (χ0n) is 13.9. The number of cyclic esters (lactones) is 1. The molecule has 6 heteroatoms. The Balaban J connectivity index is 2.43. The summed E-state index contributed by atoms with van der Waals surface area (Å²) in [5, 5.41) is 0.400. The van der Waals surface area contributed by atoms with Gasteiger partial charge in [0.15, 0.2) is 17.2 Å². The molecule has 0 radical (unpaired) electrons. The Hall–Kier alpha value is -2.01. The summed E-state index contributed by atoms with van der Waals surface area (Å²) in [6.45, 7) is 8.13. The molecule has 0 bridgehead atoms. The van der Waals surface area contributed by atoms with Crippen LogP contribution in [0.15, 0.2) is 22.8 Å². The smallest absolute Gasteiger partial charge is 0.363 e. The van der Waals surface area contributed by atoms with Gasteiger partial charge in [-0.05, 0) is 30.7 Å². The first-order valence-electron chi connectivity index (χ1n) is 7.29. The molecule has 0 amide bonds. The highest BCUT2D eigenvalue weighted by atomic mass is 35.5. The number of hydrogen-bond acceptors (Lipinski definition) is 5. The van der Waals surface area contributed by atoms with Gasteiger partial charge in [0.05, 0.1) is 18.7 Å². The number of benzene rings is 1. The van der Waals surface area contributed by atoms with Gasteiger partial charge in [0.2, 0.25) is 5.90 Å². The Bertz CT molecular complexity index is 687. The van der Waals surface area contributed by atoms with Crippen molar-refractivity contribution < 1.29 is 19.0 Å². The largest absolute Gasteiger partial charge is 0.491 e. The molecule has 0 spiro atoms. The van der Waals surface area contributed by atoms with Crippen molar-refractivity contribution in [2.45, 2.75) is 27.7 Å². The highest BCUT2D eigenvalue weighted by molar-refractivity contribution is 6.32. The Morgan fingerprint density at radius 1 is 1.35 bits per heavy atom. The van der Waals surface area contributed by atoms with Gasteiger partial charge in [-0.3, -0.25) is 0 Å². The van der Waals surface area contributed by atoms with Crippen LogP contribution in [0.5, 0.6) is 11.5 Å². The number of rotatable bonds is 4. The molecule has 1 aromatic rings. The molecule has 1 heterocycles. The monoisotopic (exact) mass is 337 g/mol. The number of carbonyl (C=O) groups excluding carboxylic acids is 1. The molecular weight excluding hydrogens is 318 g/mol. The van der Waals surface area contributed by atoms with Gasteiger partial charge in [-0.15, -0.1) is 0 Å². The first-order chi connectivity index (χ1) is 10.8. The van der Waals surface area contributed by atoms with E-state index in [0.29, 0.717) is 34.6 Å². The fourth-order valence-corrected chi connectivity index (χ4v) is 2.32. The predicted molar refractivity (Wildman–Crippen MR) is 90.1 cm³/mol. The van der Waals surface area contributed by atoms with Crippen molar-refractivity contribution in [1.82, 2.24) is 0 Å². The average Bonchev–Trinajstić information content (AvgIpc) is 2.80. The van der Waals surface area contributed by atoms with E-state index < -0.39 is 5.97 Å². The molecule has 2 rings (SSSR count). The second-order valence-electron chi connectivity index (χ2n) is 6.05. The number of halogens is 1. The molecule has 1 aliphatic rings. The molecular formula is C17H20ClNO4. The summed E-state index contributed by atoms with van der Waals surface area (Å²) in [7, 11) is 1.52. The van der Waals surface area contributed by atoms with Gasteiger partial charge < -0.3 is 14.2 Å². The summed E-state index contributed by atoms with van der Waals surface area (Å²) in [5.41, 5.74) is 0.586. The Morgan fingerprint density at radius 2 is 2.04 bits per heavy atom. The number of esters is 1. The fourth-order valence-electron chi connectivity index (χ4n) is 2.02. The number of carbonyl (C=O) groups is 1. The number of aliphatic imine (C=N–C) groups is 1. The maximum atomic E-state index is 12.0. The summed E-state index contributed by atoms with van der Waals surface area (Å²) < 4.78 is 16.0. The van der Waals surface area contributed by atoms with E-state index in [-0.39, 0.29) is 11.1 Å². The van der Waals surface area contributed by atoms with Crippen LogP contribution < -0.4 is 9.47 Å². The van der Waals surface area contributed by atoms with Gasteiger partial charge in [-0.2, -0.15) is 0 Å². The molecule has 0 aromatic heterocycles. The second kappa shape index (κ2) is 6.62. The van der Waals surface area contributed by atoms with Crippen LogP contribution in [0.3, 0.4) is 0 Å². The van der Waals surface area contributed by atoms with Crippen LogP contribution in [0.1, 0.15) is 33.3 Å². The first-order valence-corrected chi connectivity index (χ1v) is 7.67. The van der Waals surface area contributed by atoms with E-state index in [0.717, 1.165) is 0 Å². The summed E-state index contributed by atoms with van der Waals surface area (Å²) in [5.74, 6) is 0.905. The lowest BCUT2D eigenvalue weighted by molar-refractivity contribution is -0.130. The van der Waals surface area contributed by atoms with Crippen LogP contribution in [0.2, 0.25) is 5.02 Å². The van der Waals surface area contributed by atoms with E-state index >= 15 is 0 Å². The van der Waals surface area contributed by atoms with Gasteiger partial charge in [-0.25, -0.2) is 9.79 Å². The minimum absolute atomic E-state index is 0.235. The normalized spacial score (nSPS) is 16.3. The summed E-state index contributed by atoms with van der Waals surface area (Å²) in [4.78, 5) is 16.2. The predicted octanol–water partition coefficient (Wildman–Crippen LogP) is 4.09. The summed E-state index contributed by atoms with van der Waals surface area (Å²) in [6.07, 6.45) is 1.62. The Kier molecular flexibility index (Phi) is 5.00. The van der Waals surface area contributed by atoms with Crippen molar-refractivity contribution in [2.75, 3.05) is 13.7 Å². The highest BCUT2D eigenvalue weighted by Crippen LogP contribution is 2.37. The molecule has 1 aliphatic heterocycles. The highest BCUT2D eigenvalue weighted by Gasteiger charge is 2.31. The van der Waals surface area contributed by atoms with Crippen LogP contribution in [-0.4, -0.2) is 25.6 Å². The molecule has 124 valence electrons. The molecule has 23 heavy (non-hydrogen) atoms. The van der Waals surface area contributed by atoms with Gasteiger partial charge in [0, 0.05) is 5.41 Å². The maximum Gasteiger partial charge on any atom is 0.363 e. The van der Waals surface area contributed by atoms with Gasteiger partial charge in [-0.1, -0.05) is 32.4 Å². The van der Waals surface area contributed by atoms with Gasteiger partial charge in [0.1, 0.15) is 0 Å². The SMILES string of the molecule is CCOc1cc(/C=C2\N=C(C(C)(C)C)OC2=O)cc(Cl)c1OC. The van der Waals surface area contributed by atoms with E-state index in [1.807, 2.05) is 27.7 Å². The first kappa shape index (κ1) is 17.3. The number of methoxy groups -OCH3 is 1. The lowest BCUT2D eigenvalue weighted by Gasteiger charge is -2.15. The molecule has 0 aliphatic carbocycles. The van der Waals surface area contributed by atoms with Crippen LogP contribution in [0.25, 0.3) is 6.08 Å². The molecule has 5 nitrogen and oxygen atoms in total. The van der Waals surface area contributed by atoms with E-state index in [2.05, 4.69) is 4.99 Å². The average molecular weight is 338 g/mol. The molecule has 0 atom stereocenters. The number of hydrogen-bond donors (Lipinski definition) is 0. The summed E-state index contributed by atoms with van der Waals surface area (Å²) >= 11 is 6.21. The van der Waals surface area contributed by atoms with Crippen molar-refractivity contribution >= 4 is 29.5 Å². The van der Waals surface area contributed by atoms with Crippen molar-refractivity contribution in [3.63, 3.8) is 0 Å². The molecule has 0 fully saturated rings. The minimum atomic E-state index is -0.472. The lowest BCUT2D eigenvalue weighted by atomic mass is 9.97. The van der Waals surface area contributed by atoms with E-state index in [1.165, 1.54) is 7.11 Å². The van der Waals surface area contributed by atoms with Crippen LogP contribution in [-0.2, 0) is 9.53 Å². The zero-order chi connectivity index (χ0) is 17.2. The third-order valence-electron chi connectivity index (χ3n) is 3.10. The van der Waals surface area contributed by atoms with Gasteiger partial charge >= 0.3 is 5.97 Å². The Labute approximate surface area is 140 Å². The van der Waals surface area contributed by atoms with E-state index in [9.17, 15) is 4.79 Å². The fraction of sp³-hybridized carbons (Fsp3) is 0.412. The maximum absolute atomic E-state index is 12.0. The van der Waals surface area contributed by atoms with Crippen molar-refractivity contribution in [3.8, 4) is 11.5 Å². The van der Waals surface area contributed by atoms with Crippen molar-refractivity contribution in [2.24, 2.45) is 10.4 Å². The third kappa shape index (κ3) is 3.85. The van der Waals surface area contributed by atoms with Crippen molar-refractivity contribution in [1.29, 1.82) is 0 Å². The molecule has 0 N–H and O–H groups in total. The lowest BCUT2D eigenvalue weighted by Crippen LogP contribution is -2.21. The standard InChI is InChI=1S/C17H20ClNO4/c1-6-22-13-9-10(7-11(18)14(13)21-5)8-12-15(20)23-16(19-12)17(2,3)4/h7-9H,6H2,1-5H3/b12-8-. The minimum Gasteiger partial charge on any atom is -0.491 e. The van der Waals surface area contributed by atoms with E-state index in [1.54, 1.807) is 18.2 Å². The number of nitrogens with zero attached hydrogens (tertiary/aromatic N) is 1. The van der Waals surface area contributed by atoms with Crippen LogP contribution in [0, 0.1) is 5.41 Å². The van der Waals surface area contributed by atoms with Gasteiger partial charge in [0.25, 0.3) is 0 Å². The molecule has 0 unspecified atom stereocenters. The van der Waals surface area contributed by atoms with E-state index in [4.69, 9.17) is 25.8 Å². The quantitative estimate of drug-likeness (QED) is 0.613. The molecule has 0 saturated heterocycles. The zero-order valence-corrected chi connectivity index (χ0v) is 14.7. The summed E-state index contributed by atoms with van der Waals surface area (Å²) in [6, 6.07) is 3.44. The van der Waals surface area contributed by atoms with Crippen molar-refractivity contribution in [3.05, 3.63) is 28.4 Å². The molecule has 0 saturated carbocycles. The third-order valence-corrected chi connectivity index (χ3v) is 3.38. The Morgan fingerprint density at radius 3 is 2.57 bits per heavy atom. The topological polar surface area (TPSA) is 57.1 Å². The number of ether oxygens (including phenoxy) is 3. The van der Waals surface area contributed by atoms with Crippen LogP contribution >= 0.6 is 11.6 Å². The second-order valence-corrected chi connectivity index (χ2v) is 6.46. The molecule has 1 aromatic carbocycles. The van der Waals surface area contributed by atoms with Crippen LogP contribution in [0.4, 0.5) is 0 Å².